The molecule has 1 aliphatic heterocycles. The van der Waals surface area contributed by atoms with Gasteiger partial charge in [0.2, 0.25) is 0 Å². The largest absolute Gasteiger partial charge is 0.468 e. The number of aromatic amines is 1. The highest BCUT2D eigenvalue weighted by atomic mass is 16.5. The molecule has 128 valence electrons. The first-order valence-corrected chi connectivity index (χ1v) is 8.45. The number of ether oxygens (including phenoxy) is 1. The Balaban J connectivity index is 1.43. The third kappa shape index (κ3) is 2.62. The molecule has 7 nitrogen and oxygen atoms in total. The minimum atomic E-state index is -0.139. The highest BCUT2D eigenvalue weighted by Crippen LogP contribution is 2.41. The first-order chi connectivity index (χ1) is 11.7. The van der Waals surface area contributed by atoms with Crippen LogP contribution in [0.4, 0.5) is 5.82 Å². The molecule has 2 aromatic heterocycles. The maximum Gasteiger partial charge on any atom is 0.319 e. The summed E-state index contributed by atoms with van der Waals surface area (Å²) in [5.41, 5.74) is 0.884. The van der Waals surface area contributed by atoms with Crippen LogP contribution in [0.25, 0.3) is 11.0 Å². The number of H-pyrrole nitrogens is 1. The second kappa shape index (κ2) is 6.05. The number of methoxy groups -OCH3 is 1. The van der Waals surface area contributed by atoms with Crippen molar-refractivity contribution in [2.75, 3.05) is 38.7 Å². The number of hydrogen-bond donors (Lipinski definition) is 1. The van der Waals surface area contributed by atoms with Crippen molar-refractivity contribution in [1.82, 2.24) is 19.9 Å². The first-order valence-electron chi connectivity index (χ1n) is 8.45. The molecule has 0 unspecified atom stereocenters. The molecule has 4 rings (SSSR count). The van der Waals surface area contributed by atoms with Crippen LogP contribution in [0.5, 0.6) is 0 Å². The Hall–Kier alpha value is -2.15. The van der Waals surface area contributed by atoms with Crippen LogP contribution in [-0.4, -0.2) is 65.7 Å². The van der Waals surface area contributed by atoms with Crippen LogP contribution in [0, 0.1) is 11.8 Å². The van der Waals surface area contributed by atoms with E-state index in [4.69, 9.17) is 4.74 Å². The first kappa shape index (κ1) is 15.4. The van der Waals surface area contributed by atoms with Gasteiger partial charge in [0, 0.05) is 32.4 Å². The van der Waals surface area contributed by atoms with Gasteiger partial charge in [-0.2, -0.15) is 0 Å². The van der Waals surface area contributed by atoms with Gasteiger partial charge in [-0.1, -0.05) is 0 Å². The Labute approximate surface area is 141 Å². The van der Waals surface area contributed by atoms with Crippen LogP contribution >= 0.6 is 0 Å². The monoisotopic (exact) mass is 329 g/mol. The summed E-state index contributed by atoms with van der Waals surface area (Å²) in [6.07, 6.45) is 5.83. The summed E-state index contributed by atoms with van der Waals surface area (Å²) < 4.78 is 4.78. The molecule has 2 aromatic rings. The number of aromatic nitrogens is 3. The van der Waals surface area contributed by atoms with E-state index in [2.05, 4.69) is 31.8 Å². The molecule has 0 amide bonds. The molecular weight excluding hydrogens is 306 g/mol. The molecule has 1 aliphatic carbocycles. The van der Waals surface area contributed by atoms with Crippen LogP contribution in [0.2, 0.25) is 0 Å². The Morgan fingerprint density at radius 3 is 2.83 bits per heavy atom. The Bertz CT molecular complexity index is 731. The van der Waals surface area contributed by atoms with E-state index in [0.29, 0.717) is 24.4 Å². The molecule has 0 aromatic carbocycles. The number of fused-ring (bicyclic) bond motifs is 2. The van der Waals surface area contributed by atoms with Gasteiger partial charge in [0.25, 0.3) is 0 Å². The topological polar surface area (TPSA) is 74.3 Å². The van der Waals surface area contributed by atoms with Gasteiger partial charge in [-0.3, -0.25) is 9.69 Å². The van der Waals surface area contributed by atoms with Gasteiger partial charge in [0.15, 0.2) is 0 Å². The van der Waals surface area contributed by atoms with Crippen molar-refractivity contribution < 1.29 is 9.53 Å². The number of nitrogens with zero attached hydrogens (tertiary/aromatic N) is 4. The summed E-state index contributed by atoms with van der Waals surface area (Å²) in [7, 11) is 3.58. The van der Waals surface area contributed by atoms with Crippen LogP contribution in [0.15, 0.2) is 18.6 Å². The molecule has 3 heterocycles. The fraction of sp³-hybridized carbons (Fsp3) is 0.588. The Morgan fingerprint density at radius 1 is 1.38 bits per heavy atom. The lowest BCUT2D eigenvalue weighted by molar-refractivity contribution is -0.141. The fourth-order valence-electron chi connectivity index (χ4n) is 4.37. The van der Waals surface area contributed by atoms with Gasteiger partial charge >= 0.3 is 5.97 Å². The predicted molar refractivity (Wildman–Crippen MR) is 90.7 cm³/mol. The summed E-state index contributed by atoms with van der Waals surface area (Å²) in [4.78, 5) is 27.9. The zero-order valence-corrected chi connectivity index (χ0v) is 14.1. The highest BCUT2D eigenvalue weighted by Gasteiger charge is 2.42. The molecule has 3 atom stereocenters. The van der Waals surface area contributed by atoms with E-state index in [9.17, 15) is 4.79 Å². The van der Waals surface area contributed by atoms with Gasteiger partial charge in [0.05, 0.1) is 19.0 Å². The molecule has 7 heteroatoms. The smallest absolute Gasteiger partial charge is 0.319 e. The average molecular weight is 329 g/mol. The van der Waals surface area contributed by atoms with Gasteiger partial charge in [-0.15, -0.1) is 0 Å². The molecular formula is C17H23N5O2. The van der Waals surface area contributed by atoms with E-state index in [1.807, 2.05) is 12.3 Å². The van der Waals surface area contributed by atoms with E-state index in [-0.39, 0.29) is 5.97 Å². The van der Waals surface area contributed by atoms with E-state index < -0.39 is 0 Å². The SMILES string of the molecule is COC(=O)CN1C[C@H]2C[C@@H](N(C)c3ncnc4[nH]ccc34)C[C@H]2C1. The minimum absolute atomic E-state index is 0.139. The van der Waals surface area contributed by atoms with Gasteiger partial charge in [-0.25, -0.2) is 9.97 Å². The van der Waals surface area contributed by atoms with E-state index >= 15 is 0 Å². The number of hydrogen-bond acceptors (Lipinski definition) is 6. The highest BCUT2D eigenvalue weighted by molar-refractivity contribution is 5.87. The molecule has 0 spiro atoms. The van der Waals surface area contributed by atoms with Crippen molar-refractivity contribution in [3.8, 4) is 0 Å². The summed E-state index contributed by atoms with van der Waals surface area (Å²) in [6, 6.07) is 2.53. The summed E-state index contributed by atoms with van der Waals surface area (Å²) in [5.74, 6) is 2.17. The molecule has 0 radical (unpaired) electrons. The standard InChI is InChI=1S/C17H23N5O2/c1-21(17-14-3-4-18-16(14)19-10-20-17)13-5-11-7-22(8-12(11)6-13)9-15(23)24-2/h3-4,10-13H,5-9H2,1-2H3,(H,18,19,20)/t11-,12+,13-. The normalized spacial score (nSPS) is 26.7. The van der Waals surface area contributed by atoms with Crippen molar-refractivity contribution in [3.05, 3.63) is 18.6 Å². The Kier molecular flexibility index (Phi) is 3.88. The summed E-state index contributed by atoms with van der Waals surface area (Å²) >= 11 is 0. The Morgan fingerprint density at radius 2 is 2.12 bits per heavy atom. The predicted octanol–water partition coefficient (Wildman–Crippen LogP) is 1.28. The van der Waals surface area contributed by atoms with E-state index in [0.717, 1.165) is 42.8 Å². The number of rotatable bonds is 4. The van der Waals surface area contributed by atoms with Gasteiger partial charge in [-0.05, 0) is 30.7 Å². The summed E-state index contributed by atoms with van der Waals surface area (Å²) in [5, 5.41) is 1.07. The summed E-state index contributed by atoms with van der Waals surface area (Å²) in [6.45, 7) is 2.40. The second-order valence-corrected chi connectivity index (χ2v) is 6.96. The third-order valence-electron chi connectivity index (χ3n) is 5.60. The van der Waals surface area contributed by atoms with Crippen molar-refractivity contribution in [3.63, 3.8) is 0 Å². The van der Waals surface area contributed by atoms with Gasteiger partial charge < -0.3 is 14.6 Å². The van der Waals surface area contributed by atoms with Crippen molar-refractivity contribution in [2.24, 2.45) is 11.8 Å². The maximum atomic E-state index is 11.5. The molecule has 2 fully saturated rings. The number of anilines is 1. The molecule has 1 saturated carbocycles. The third-order valence-corrected chi connectivity index (χ3v) is 5.60. The zero-order valence-electron chi connectivity index (χ0n) is 14.1. The van der Waals surface area contributed by atoms with E-state index in [1.54, 1.807) is 6.33 Å². The zero-order chi connectivity index (χ0) is 16.7. The van der Waals surface area contributed by atoms with Crippen molar-refractivity contribution in [1.29, 1.82) is 0 Å². The van der Waals surface area contributed by atoms with Crippen LogP contribution in [-0.2, 0) is 9.53 Å². The number of esters is 1. The molecule has 2 aliphatic rings. The van der Waals surface area contributed by atoms with E-state index in [1.165, 1.54) is 7.11 Å². The maximum absolute atomic E-state index is 11.5. The fourth-order valence-corrected chi connectivity index (χ4v) is 4.37. The lowest BCUT2D eigenvalue weighted by Gasteiger charge is -2.27. The van der Waals surface area contributed by atoms with Gasteiger partial charge in [0.1, 0.15) is 17.8 Å². The molecule has 1 N–H and O–H groups in total. The number of carbonyl (C=O) groups is 1. The molecule has 24 heavy (non-hydrogen) atoms. The van der Waals surface area contributed by atoms with Crippen LogP contribution in [0.1, 0.15) is 12.8 Å². The minimum Gasteiger partial charge on any atom is -0.468 e. The quantitative estimate of drug-likeness (QED) is 0.852. The lowest BCUT2D eigenvalue weighted by atomic mass is 10.0. The number of nitrogens with one attached hydrogen (secondary N) is 1. The van der Waals surface area contributed by atoms with Crippen molar-refractivity contribution in [2.45, 2.75) is 18.9 Å². The average Bonchev–Trinajstić information content (AvgIpc) is 3.27. The van der Waals surface area contributed by atoms with Crippen LogP contribution in [0.3, 0.4) is 0 Å². The number of likely N-dealkylation sites (tertiary alicyclic amines) is 1. The lowest BCUT2D eigenvalue weighted by Crippen LogP contribution is -2.34. The molecule has 0 bridgehead atoms. The van der Waals surface area contributed by atoms with Crippen molar-refractivity contribution >= 4 is 22.8 Å². The second-order valence-electron chi connectivity index (χ2n) is 6.96. The number of carbonyl (C=O) groups excluding carboxylic acids is 1. The van der Waals surface area contributed by atoms with Crippen LogP contribution < -0.4 is 4.90 Å². The molecule has 1 saturated heterocycles.